The van der Waals surface area contributed by atoms with E-state index in [1.165, 1.54) is 12.5 Å². The maximum Gasteiger partial charge on any atom is 0.335 e. The number of allylic oxidation sites excluding steroid dienone is 1. The Hall–Kier alpha value is -1.82. The minimum Gasteiger partial charge on any atom is -0.478 e. The first-order chi connectivity index (χ1) is 10.0. The van der Waals surface area contributed by atoms with Crippen LogP contribution in [0.1, 0.15) is 41.6 Å². The lowest BCUT2D eigenvalue weighted by molar-refractivity contribution is -0.385. The highest BCUT2D eigenvalue weighted by atomic mass is 32.2. The van der Waals surface area contributed by atoms with Gasteiger partial charge < -0.3 is 5.11 Å². The van der Waals surface area contributed by atoms with Gasteiger partial charge in [0.2, 0.25) is 0 Å². The monoisotopic (exact) mass is 305 g/mol. The molecule has 1 aromatic rings. The number of fused-ring (bicyclic) bond motifs is 2. The summed E-state index contributed by atoms with van der Waals surface area (Å²) in [5.41, 5.74) is 1.41. The first-order valence-corrected chi connectivity index (χ1v) is 7.87. The van der Waals surface area contributed by atoms with E-state index < -0.39 is 10.9 Å². The van der Waals surface area contributed by atoms with Gasteiger partial charge in [-0.25, -0.2) is 4.79 Å². The number of hydrogen-bond donors (Lipinski definition) is 1. The molecule has 1 aromatic carbocycles. The van der Waals surface area contributed by atoms with Crippen LogP contribution in [0, 0.1) is 10.1 Å². The molecule has 6 heteroatoms. The Kier molecular flexibility index (Phi) is 3.71. The molecule has 2 unspecified atom stereocenters. The summed E-state index contributed by atoms with van der Waals surface area (Å²) in [5, 5.41) is 21.2. The summed E-state index contributed by atoms with van der Waals surface area (Å²) in [5.74, 6) is -1.14. The molecule has 5 nitrogen and oxygen atoms in total. The highest BCUT2D eigenvalue weighted by Gasteiger charge is 2.30. The summed E-state index contributed by atoms with van der Waals surface area (Å²) in [6.45, 7) is 0. The molecule has 1 saturated heterocycles. The number of carbonyl (C=O) groups is 1. The Morgan fingerprint density at radius 1 is 1.38 bits per heavy atom. The quantitative estimate of drug-likeness (QED) is 0.679. The molecular formula is C15H15NO4S. The minimum atomic E-state index is -1.14. The molecular weight excluding hydrogens is 290 g/mol. The van der Waals surface area contributed by atoms with Crippen molar-refractivity contribution in [3.8, 4) is 0 Å². The van der Waals surface area contributed by atoms with Crippen LogP contribution < -0.4 is 0 Å². The molecule has 2 aliphatic rings. The zero-order chi connectivity index (χ0) is 15.0. The van der Waals surface area contributed by atoms with Crippen LogP contribution in [0.2, 0.25) is 0 Å². The first kappa shape index (κ1) is 14.1. The van der Waals surface area contributed by atoms with E-state index in [9.17, 15) is 14.9 Å². The molecule has 0 saturated carbocycles. The summed E-state index contributed by atoms with van der Waals surface area (Å²) < 4.78 is 0. The molecule has 110 valence electrons. The van der Waals surface area contributed by atoms with Crippen LogP contribution in [0.25, 0.3) is 5.57 Å². The number of aromatic carboxylic acids is 1. The Morgan fingerprint density at radius 3 is 2.86 bits per heavy atom. The summed E-state index contributed by atoms with van der Waals surface area (Å²) in [6.07, 6.45) is 6.44. The average Bonchev–Trinajstić information content (AvgIpc) is 2.46. The van der Waals surface area contributed by atoms with Gasteiger partial charge in [-0.2, -0.15) is 11.8 Å². The van der Waals surface area contributed by atoms with Crippen LogP contribution in [-0.4, -0.2) is 26.5 Å². The smallest absolute Gasteiger partial charge is 0.335 e. The molecule has 2 heterocycles. The molecule has 21 heavy (non-hydrogen) atoms. The van der Waals surface area contributed by atoms with E-state index in [-0.39, 0.29) is 11.3 Å². The van der Waals surface area contributed by atoms with Crippen molar-refractivity contribution in [3.05, 3.63) is 45.5 Å². The summed E-state index contributed by atoms with van der Waals surface area (Å²) >= 11 is 1.95. The number of nitro groups is 1. The fourth-order valence-corrected chi connectivity index (χ4v) is 4.65. The number of nitro benzene ring substituents is 1. The first-order valence-electron chi connectivity index (χ1n) is 6.93. The highest BCUT2D eigenvalue weighted by Crippen LogP contribution is 2.44. The van der Waals surface area contributed by atoms with Crippen LogP contribution in [0.3, 0.4) is 0 Å². The van der Waals surface area contributed by atoms with Crippen LogP contribution in [0.5, 0.6) is 0 Å². The van der Waals surface area contributed by atoms with Crippen molar-refractivity contribution in [1.29, 1.82) is 0 Å². The van der Waals surface area contributed by atoms with E-state index >= 15 is 0 Å². The standard InChI is InChI=1S/C15H15NO4S/c17-15(18)9-4-5-13(14(8-9)16(19)20)10-6-11-2-1-3-12(7-10)21-11/h4-6,8,11-12H,1-3,7H2,(H,17,18). The highest BCUT2D eigenvalue weighted by molar-refractivity contribution is 8.00. The summed E-state index contributed by atoms with van der Waals surface area (Å²) in [4.78, 5) is 21.8. The number of thioether (sulfide) groups is 1. The maximum atomic E-state index is 11.3. The third-order valence-corrected chi connectivity index (χ3v) is 5.51. The lowest BCUT2D eigenvalue weighted by Gasteiger charge is -2.32. The lowest BCUT2D eigenvalue weighted by Crippen LogP contribution is -2.21. The van der Waals surface area contributed by atoms with E-state index in [2.05, 4.69) is 6.08 Å². The second kappa shape index (κ2) is 5.52. The molecule has 0 aliphatic carbocycles. The second-order valence-corrected chi connectivity index (χ2v) is 6.96. The minimum absolute atomic E-state index is 0.0450. The normalized spacial score (nSPS) is 24.3. The van der Waals surface area contributed by atoms with Gasteiger partial charge in [0.1, 0.15) is 0 Å². The molecule has 0 aromatic heterocycles. The van der Waals surface area contributed by atoms with Crippen LogP contribution >= 0.6 is 11.8 Å². The van der Waals surface area contributed by atoms with Gasteiger partial charge in [0.25, 0.3) is 5.69 Å². The van der Waals surface area contributed by atoms with Crippen molar-refractivity contribution in [2.45, 2.75) is 36.2 Å². The van der Waals surface area contributed by atoms with Crippen molar-refractivity contribution in [3.63, 3.8) is 0 Å². The fourth-order valence-electron chi connectivity index (χ4n) is 3.03. The molecule has 0 amide bonds. The van der Waals surface area contributed by atoms with Gasteiger partial charge in [-0.05, 0) is 37.0 Å². The third-order valence-electron chi connectivity index (χ3n) is 4.00. The van der Waals surface area contributed by atoms with Crippen molar-refractivity contribution >= 4 is 29.0 Å². The van der Waals surface area contributed by atoms with E-state index in [1.54, 1.807) is 6.07 Å². The number of rotatable bonds is 3. The van der Waals surface area contributed by atoms with Gasteiger partial charge in [0, 0.05) is 16.6 Å². The maximum absolute atomic E-state index is 11.3. The van der Waals surface area contributed by atoms with Gasteiger partial charge in [-0.3, -0.25) is 10.1 Å². The van der Waals surface area contributed by atoms with Crippen LogP contribution in [-0.2, 0) is 0 Å². The number of carboxylic acid groups (broad SMARTS) is 1. The summed E-state index contributed by atoms with van der Waals surface area (Å²) in [7, 11) is 0. The Balaban J connectivity index is 2.03. The fraction of sp³-hybridized carbons (Fsp3) is 0.400. The van der Waals surface area contributed by atoms with Crippen LogP contribution in [0.15, 0.2) is 24.3 Å². The SMILES string of the molecule is O=C(O)c1ccc(C2=CC3CCCC(C2)S3)c([N+](=O)[O-])c1. The van der Waals surface area contributed by atoms with Gasteiger partial charge in [0.15, 0.2) is 0 Å². The van der Waals surface area contributed by atoms with E-state index in [0.717, 1.165) is 30.9 Å². The zero-order valence-corrected chi connectivity index (χ0v) is 12.1. The third kappa shape index (κ3) is 2.81. The molecule has 3 rings (SSSR count). The van der Waals surface area contributed by atoms with Crippen molar-refractivity contribution in [2.24, 2.45) is 0 Å². The molecule has 0 spiro atoms. The molecule has 2 aliphatic heterocycles. The van der Waals surface area contributed by atoms with Crippen molar-refractivity contribution in [2.75, 3.05) is 0 Å². The van der Waals surface area contributed by atoms with Gasteiger partial charge in [0.05, 0.1) is 16.1 Å². The topological polar surface area (TPSA) is 80.4 Å². The molecule has 2 bridgehead atoms. The molecule has 1 fully saturated rings. The van der Waals surface area contributed by atoms with E-state index in [1.807, 2.05) is 11.8 Å². The number of benzene rings is 1. The largest absolute Gasteiger partial charge is 0.478 e. The Labute approximate surface area is 126 Å². The van der Waals surface area contributed by atoms with E-state index in [4.69, 9.17) is 5.11 Å². The van der Waals surface area contributed by atoms with Gasteiger partial charge in [-0.15, -0.1) is 0 Å². The van der Waals surface area contributed by atoms with Gasteiger partial charge >= 0.3 is 5.97 Å². The number of hydrogen-bond acceptors (Lipinski definition) is 4. The Morgan fingerprint density at radius 2 is 2.19 bits per heavy atom. The predicted octanol–water partition coefficient (Wildman–Crippen LogP) is 3.73. The average molecular weight is 305 g/mol. The molecule has 1 N–H and O–H groups in total. The van der Waals surface area contributed by atoms with E-state index in [0.29, 0.717) is 16.1 Å². The molecule has 2 atom stereocenters. The Bertz CT molecular complexity index is 641. The van der Waals surface area contributed by atoms with Gasteiger partial charge in [-0.1, -0.05) is 12.5 Å². The predicted molar refractivity (Wildman–Crippen MR) is 81.7 cm³/mol. The van der Waals surface area contributed by atoms with Crippen molar-refractivity contribution in [1.82, 2.24) is 0 Å². The second-order valence-electron chi connectivity index (χ2n) is 5.42. The number of carboxylic acids is 1. The summed E-state index contributed by atoms with van der Waals surface area (Å²) in [6, 6.07) is 4.19. The van der Waals surface area contributed by atoms with Crippen molar-refractivity contribution < 1.29 is 14.8 Å². The van der Waals surface area contributed by atoms with Crippen LogP contribution in [0.4, 0.5) is 5.69 Å². The zero-order valence-electron chi connectivity index (χ0n) is 11.3. The lowest BCUT2D eigenvalue weighted by atomic mass is 9.92. The molecule has 0 radical (unpaired) electrons. The number of nitrogens with zero attached hydrogens (tertiary/aromatic N) is 1.